The second kappa shape index (κ2) is 10.7. The van der Waals surface area contributed by atoms with Crippen molar-refractivity contribution < 1.29 is 14.3 Å². The standard InChI is InChI=1S/C26H25NO3/c1-3-19-27(26(28)29-2)25-12-8-7-11-23(25)16-13-21-14-17-24(18-15-21)30-20-22-9-5-4-6-10-22/h3-18H,1,19-20H2,2H3. The molecule has 3 rings (SSSR count). The smallest absolute Gasteiger partial charge is 0.414 e. The van der Waals surface area contributed by atoms with Gasteiger partial charge in [0.25, 0.3) is 0 Å². The average Bonchev–Trinajstić information content (AvgIpc) is 2.81. The van der Waals surface area contributed by atoms with E-state index in [9.17, 15) is 4.79 Å². The molecule has 0 saturated carbocycles. The quantitative estimate of drug-likeness (QED) is 0.335. The van der Waals surface area contributed by atoms with Gasteiger partial charge in [-0.15, -0.1) is 6.58 Å². The molecule has 30 heavy (non-hydrogen) atoms. The van der Waals surface area contributed by atoms with Gasteiger partial charge in [-0.05, 0) is 34.9 Å². The molecule has 1 amide bonds. The summed E-state index contributed by atoms with van der Waals surface area (Å²) in [6.07, 6.45) is 5.24. The zero-order valence-corrected chi connectivity index (χ0v) is 17.0. The summed E-state index contributed by atoms with van der Waals surface area (Å²) in [6.45, 7) is 4.63. The van der Waals surface area contributed by atoms with Gasteiger partial charge in [-0.3, -0.25) is 4.90 Å². The van der Waals surface area contributed by atoms with Gasteiger partial charge in [0.2, 0.25) is 0 Å². The van der Waals surface area contributed by atoms with Gasteiger partial charge in [-0.25, -0.2) is 4.79 Å². The van der Waals surface area contributed by atoms with E-state index in [1.807, 2.05) is 91.0 Å². The van der Waals surface area contributed by atoms with E-state index in [4.69, 9.17) is 9.47 Å². The van der Waals surface area contributed by atoms with E-state index in [1.54, 1.807) is 11.0 Å². The van der Waals surface area contributed by atoms with Gasteiger partial charge >= 0.3 is 6.09 Å². The highest BCUT2D eigenvalue weighted by Gasteiger charge is 2.16. The van der Waals surface area contributed by atoms with Crippen LogP contribution in [0, 0.1) is 0 Å². The predicted molar refractivity (Wildman–Crippen MR) is 123 cm³/mol. The van der Waals surface area contributed by atoms with Gasteiger partial charge < -0.3 is 9.47 Å². The minimum absolute atomic E-state index is 0.366. The Bertz CT molecular complexity index is 994. The Balaban J connectivity index is 1.71. The van der Waals surface area contributed by atoms with Gasteiger partial charge in [0, 0.05) is 6.54 Å². The monoisotopic (exact) mass is 399 g/mol. The summed E-state index contributed by atoms with van der Waals surface area (Å²) in [5.74, 6) is 0.819. The van der Waals surface area contributed by atoms with Crippen molar-refractivity contribution in [3.8, 4) is 5.75 Å². The molecule has 0 unspecified atom stereocenters. The highest BCUT2D eigenvalue weighted by molar-refractivity contribution is 5.92. The summed E-state index contributed by atoms with van der Waals surface area (Å²) in [6, 6.07) is 25.7. The van der Waals surface area contributed by atoms with Crippen LogP contribution in [0.15, 0.2) is 91.5 Å². The van der Waals surface area contributed by atoms with Crippen LogP contribution in [0.4, 0.5) is 10.5 Å². The second-order valence-electron chi connectivity index (χ2n) is 6.60. The van der Waals surface area contributed by atoms with Crippen molar-refractivity contribution in [2.75, 3.05) is 18.6 Å². The van der Waals surface area contributed by atoms with E-state index >= 15 is 0 Å². The molecule has 0 atom stereocenters. The van der Waals surface area contributed by atoms with E-state index < -0.39 is 6.09 Å². The van der Waals surface area contributed by atoms with Crippen LogP contribution in [0.3, 0.4) is 0 Å². The maximum Gasteiger partial charge on any atom is 0.414 e. The molecule has 0 aliphatic rings. The lowest BCUT2D eigenvalue weighted by atomic mass is 10.1. The second-order valence-corrected chi connectivity index (χ2v) is 6.60. The number of carbonyl (C=O) groups excluding carboxylic acids is 1. The summed E-state index contributed by atoms with van der Waals surface area (Å²) in [7, 11) is 1.37. The Labute approximate surface area is 177 Å². The molecule has 0 saturated heterocycles. The molecule has 0 aromatic heterocycles. The van der Waals surface area contributed by atoms with Crippen molar-refractivity contribution in [1.29, 1.82) is 0 Å². The fourth-order valence-electron chi connectivity index (χ4n) is 2.99. The summed E-state index contributed by atoms with van der Waals surface area (Å²) in [5.41, 5.74) is 3.84. The van der Waals surface area contributed by atoms with Gasteiger partial charge in [0.15, 0.2) is 0 Å². The maximum atomic E-state index is 12.1. The molecule has 0 radical (unpaired) electrons. The van der Waals surface area contributed by atoms with Crippen LogP contribution in [-0.4, -0.2) is 19.7 Å². The first-order valence-corrected chi connectivity index (χ1v) is 9.71. The molecule has 152 valence electrons. The normalized spacial score (nSPS) is 10.6. The fraction of sp³-hybridized carbons (Fsp3) is 0.115. The molecular weight excluding hydrogens is 374 g/mol. The van der Waals surface area contributed by atoms with Crippen molar-refractivity contribution >= 4 is 23.9 Å². The van der Waals surface area contributed by atoms with Crippen LogP contribution in [0.2, 0.25) is 0 Å². The van der Waals surface area contributed by atoms with E-state index in [1.165, 1.54) is 7.11 Å². The largest absolute Gasteiger partial charge is 0.489 e. The number of hydrogen-bond donors (Lipinski definition) is 0. The van der Waals surface area contributed by atoms with Gasteiger partial charge in [0.1, 0.15) is 12.4 Å². The number of carbonyl (C=O) groups is 1. The molecular formula is C26H25NO3. The first kappa shape index (κ1) is 20.9. The molecule has 0 heterocycles. The Hall–Kier alpha value is -3.79. The predicted octanol–water partition coefficient (Wildman–Crippen LogP) is 6.19. The fourth-order valence-corrected chi connectivity index (χ4v) is 2.99. The molecule has 4 nitrogen and oxygen atoms in total. The first-order valence-electron chi connectivity index (χ1n) is 9.71. The van der Waals surface area contributed by atoms with Crippen molar-refractivity contribution in [3.63, 3.8) is 0 Å². The molecule has 0 aliphatic heterocycles. The lowest BCUT2D eigenvalue weighted by molar-refractivity contribution is 0.179. The van der Waals surface area contributed by atoms with Crippen LogP contribution >= 0.6 is 0 Å². The SMILES string of the molecule is C=CCN(C(=O)OC)c1ccccc1C=Cc1ccc(OCc2ccccc2)cc1. The number of benzene rings is 3. The van der Waals surface area contributed by atoms with Crippen LogP contribution in [-0.2, 0) is 11.3 Å². The van der Waals surface area contributed by atoms with Gasteiger partial charge in [0.05, 0.1) is 12.8 Å². The Morgan fingerprint density at radius 1 is 0.933 bits per heavy atom. The van der Waals surface area contributed by atoms with Crippen molar-refractivity contribution in [2.24, 2.45) is 0 Å². The Morgan fingerprint density at radius 3 is 2.33 bits per heavy atom. The van der Waals surface area contributed by atoms with Crippen molar-refractivity contribution in [1.82, 2.24) is 0 Å². The van der Waals surface area contributed by atoms with E-state index in [0.717, 1.165) is 28.1 Å². The minimum Gasteiger partial charge on any atom is -0.489 e. The van der Waals surface area contributed by atoms with E-state index in [-0.39, 0.29) is 0 Å². The van der Waals surface area contributed by atoms with Crippen LogP contribution in [0.1, 0.15) is 16.7 Å². The Morgan fingerprint density at radius 2 is 1.63 bits per heavy atom. The molecule has 0 fully saturated rings. The topological polar surface area (TPSA) is 38.8 Å². The number of anilines is 1. The number of methoxy groups -OCH3 is 1. The summed E-state index contributed by atoms with van der Waals surface area (Å²) in [4.78, 5) is 13.7. The third-order valence-electron chi connectivity index (χ3n) is 4.52. The van der Waals surface area contributed by atoms with Crippen LogP contribution < -0.4 is 9.64 Å². The number of hydrogen-bond acceptors (Lipinski definition) is 3. The number of ether oxygens (including phenoxy) is 2. The lowest BCUT2D eigenvalue weighted by Gasteiger charge is -2.21. The number of nitrogens with zero attached hydrogens (tertiary/aromatic N) is 1. The van der Waals surface area contributed by atoms with Crippen LogP contribution in [0.5, 0.6) is 5.75 Å². The summed E-state index contributed by atoms with van der Waals surface area (Å²) in [5, 5.41) is 0. The van der Waals surface area contributed by atoms with Crippen molar-refractivity contribution in [2.45, 2.75) is 6.61 Å². The molecule has 0 spiro atoms. The van der Waals surface area contributed by atoms with Crippen LogP contribution in [0.25, 0.3) is 12.2 Å². The lowest BCUT2D eigenvalue weighted by Crippen LogP contribution is -2.31. The molecule has 0 bridgehead atoms. The average molecular weight is 399 g/mol. The van der Waals surface area contributed by atoms with Gasteiger partial charge in [-0.1, -0.05) is 78.9 Å². The number of rotatable bonds is 8. The zero-order valence-electron chi connectivity index (χ0n) is 17.0. The molecule has 3 aromatic carbocycles. The molecule has 0 N–H and O–H groups in total. The van der Waals surface area contributed by atoms with E-state index in [2.05, 4.69) is 6.58 Å². The van der Waals surface area contributed by atoms with E-state index in [0.29, 0.717) is 13.2 Å². The molecule has 4 heteroatoms. The molecule has 0 aliphatic carbocycles. The highest BCUT2D eigenvalue weighted by atomic mass is 16.5. The summed E-state index contributed by atoms with van der Waals surface area (Å²) < 4.78 is 10.7. The van der Waals surface area contributed by atoms with Gasteiger partial charge in [-0.2, -0.15) is 0 Å². The maximum absolute atomic E-state index is 12.1. The third-order valence-corrected chi connectivity index (χ3v) is 4.52. The Kier molecular flexibility index (Phi) is 7.45. The molecule has 3 aromatic rings. The highest BCUT2D eigenvalue weighted by Crippen LogP contribution is 2.24. The minimum atomic E-state index is -0.421. The third kappa shape index (κ3) is 5.61. The summed E-state index contributed by atoms with van der Waals surface area (Å²) >= 11 is 0. The van der Waals surface area contributed by atoms with Crippen molar-refractivity contribution in [3.05, 3.63) is 108 Å². The zero-order chi connectivity index (χ0) is 21.2. The number of para-hydroxylation sites is 1. The number of amides is 1. The first-order chi connectivity index (χ1) is 14.7.